The van der Waals surface area contributed by atoms with Crippen LogP contribution in [0.5, 0.6) is 5.75 Å². The molecule has 2 heterocycles. The molecule has 0 radical (unpaired) electrons. The maximum absolute atomic E-state index is 13.3. The predicted octanol–water partition coefficient (Wildman–Crippen LogP) is 4.21. The molecule has 1 aliphatic rings. The molecule has 2 aromatic carbocycles. The maximum atomic E-state index is 13.3. The van der Waals surface area contributed by atoms with Gasteiger partial charge in [0.25, 0.3) is 5.91 Å². The van der Waals surface area contributed by atoms with Crippen molar-refractivity contribution in [3.8, 4) is 17.1 Å². The molecule has 4 rings (SSSR count). The highest BCUT2D eigenvalue weighted by atomic mass is 32.2. The van der Waals surface area contributed by atoms with E-state index in [2.05, 4.69) is 0 Å². The normalized spacial score (nSPS) is 18.1. The molecule has 2 atom stereocenters. The predicted molar refractivity (Wildman–Crippen MR) is 118 cm³/mol. The molecule has 9 heteroatoms. The largest absolute Gasteiger partial charge is 0.481 e. The van der Waals surface area contributed by atoms with Crippen LogP contribution in [0.3, 0.4) is 0 Å². The van der Waals surface area contributed by atoms with Gasteiger partial charge in [0, 0.05) is 11.6 Å². The van der Waals surface area contributed by atoms with Crippen molar-refractivity contribution >= 4 is 15.7 Å². The maximum Gasteiger partial charge on any atom is 0.264 e. The molecule has 33 heavy (non-hydrogen) atoms. The fraction of sp³-hybridized carbons (Fsp3) is 0.292. The summed E-state index contributed by atoms with van der Waals surface area (Å²) < 4.78 is 62.0. The van der Waals surface area contributed by atoms with E-state index in [1.807, 2.05) is 0 Å². The van der Waals surface area contributed by atoms with E-state index >= 15 is 0 Å². The van der Waals surface area contributed by atoms with Gasteiger partial charge in [-0.2, -0.15) is 0 Å². The van der Waals surface area contributed by atoms with Crippen molar-refractivity contribution in [2.24, 2.45) is 0 Å². The number of hydrogen-bond donors (Lipinski definition) is 0. The van der Waals surface area contributed by atoms with Crippen LogP contribution in [0.1, 0.15) is 19.1 Å². The van der Waals surface area contributed by atoms with Crippen molar-refractivity contribution in [1.29, 1.82) is 0 Å². The Kier molecular flexibility index (Phi) is 6.51. The van der Waals surface area contributed by atoms with E-state index in [1.165, 1.54) is 41.3 Å². The van der Waals surface area contributed by atoms with Crippen molar-refractivity contribution in [3.05, 3.63) is 78.1 Å². The number of halogens is 2. The first-order valence-electron chi connectivity index (χ1n) is 10.5. The number of ether oxygens (including phenoxy) is 1. The van der Waals surface area contributed by atoms with Gasteiger partial charge in [-0.05, 0) is 74.0 Å². The first-order valence-corrected chi connectivity index (χ1v) is 12.3. The highest BCUT2D eigenvalue weighted by Crippen LogP contribution is 2.26. The van der Waals surface area contributed by atoms with Crippen LogP contribution in [-0.2, 0) is 21.2 Å². The van der Waals surface area contributed by atoms with Crippen LogP contribution in [0.2, 0.25) is 0 Å². The molecule has 0 bridgehead atoms. The number of amides is 1. The molecule has 3 aromatic rings. The summed E-state index contributed by atoms with van der Waals surface area (Å²) in [5.74, 6) is -0.0166. The third-order valence-electron chi connectivity index (χ3n) is 5.52. The van der Waals surface area contributed by atoms with E-state index in [0.717, 1.165) is 0 Å². The number of carbonyl (C=O) groups excluding carboxylic acids is 1. The van der Waals surface area contributed by atoms with Crippen molar-refractivity contribution in [2.75, 3.05) is 11.5 Å². The van der Waals surface area contributed by atoms with E-state index < -0.39 is 33.7 Å². The van der Waals surface area contributed by atoms with Gasteiger partial charge in [-0.1, -0.05) is 0 Å². The Morgan fingerprint density at radius 2 is 1.70 bits per heavy atom. The Labute approximate surface area is 190 Å². The lowest BCUT2D eigenvalue weighted by molar-refractivity contribution is -0.140. The van der Waals surface area contributed by atoms with Gasteiger partial charge in [0.2, 0.25) is 0 Å². The SMILES string of the molecule is C[C@@H](Oc1ccc(F)cc1)C(=O)N(Cc1ccc(-c2ccc(F)cc2)o1)[C@@H]1CCS(=O)(=O)C1. The zero-order valence-corrected chi connectivity index (χ0v) is 18.7. The summed E-state index contributed by atoms with van der Waals surface area (Å²) in [6.07, 6.45) is -0.603. The van der Waals surface area contributed by atoms with Gasteiger partial charge in [0.1, 0.15) is 28.9 Å². The van der Waals surface area contributed by atoms with E-state index in [0.29, 0.717) is 29.3 Å². The van der Waals surface area contributed by atoms with Crippen LogP contribution in [0.25, 0.3) is 11.3 Å². The summed E-state index contributed by atoms with van der Waals surface area (Å²) in [7, 11) is -3.24. The molecule has 1 aliphatic heterocycles. The quantitative estimate of drug-likeness (QED) is 0.512. The van der Waals surface area contributed by atoms with Crippen molar-refractivity contribution in [2.45, 2.75) is 32.0 Å². The van der Waals surface area contributed by atoms with Gasteiger partial charge in [-0.3, -0.25) is 4.79 Å². The van der Waals surface area contributed by atoms with E-state index in [9.17, 15) is 22.0 Å². The fourth-order valence-corrected chi connectivity index (χ4v) is 5.54. The number of sulfone groups is 1. The Morgan fingerprint density at radius 3 is 2.30 bits per heavy atom. The Hall–Kier alpha value is -3.20. The van der Waals surface area contributed by atoms with Gasteiger partial charge in [0.15, 0.2) is 15.9 Å². The number of carbonyl (C=O) groups is 1. The Morgan fingerprint density at radius 1 is 1.06 bits per heavy atom. The average molecular weight is 476 g/mol. The van der Waals surface area contributed by atoms with Crippen molar-refractivity contribution in [3.63, 3.8) is 0 Å². The fourth-order valence-electron chi connectivity index (χ4n) is 3.81. The van der Waals surface area contributed by atoms with Crippen LogP contribution in [0, 0.1) is 11.6 Å². The van der Waals surface area contributed by atoms with Gasteiger partial charge in [0.05, 0.1) is 18.1 Å². The lowest BCUT2D eigenvalue weighted by Gasteiger charge is -2.30. The third kappa shape index (κ3) is 5.60. The molecular formula is C24H23F2NO5S. The van der Waals surface area contributed by atoms with Crippen LogP contribution in [-0.4, -0.2) is 42.9 Å². The number of hydrogen-bond acceptors (Lipinski definition) is 5. The summed E-state index contributed by atoms with van der Waals surface area (Å²) in [5.41, 5.74) is 0.678. The van der Waals surface area contributed by atoms with E-state index in [1.54, 1.807) is 31.2 Å². The van der Waals surface area contributed by atoms with Gasteiger partial charge >= 0.3 is 0 Å². The Bertz CT molecular complexity index is 1220. The average Bonchev–Trinajstić information content (AvgIpc) is 3.39. The van der Waals surface area contributed by atoms with Crippen LogP contribution < -0.4 is 4.74 Å². The monoisotopic (exact) mass is 475 g/mol. The molecule has 0 saturated carbocycles. The second kappa shape index (κ2) is 9.35. The summed E-state index contributed by atoms with van der Waals surface area (Å²) >= 11 is 0. The number of benzene rings is 2. The molecule has 174 valence electrons. The van der Waals surface area contributed by atoms with Crippen molar-refractivity contribution in [1.82, 2.24) is 4.90 Å². The number of rotatable bonds is 7. The summed E-state index contributed by atoms with van der Waals surface area (Å²) in [5, 5.41) is 0. The van der Waals surface area contributed by atoms with Crippen LogP contribution in [0.4, 0.5) is 8.78 Å². The third-order valence-corrected chi connectivity index (χ3v) is 7.27. The standard InChI is InChI=1S/C24H23F2NO5S/c1-16(31-21-8-6-19(26)7-9-21)24(28)27(20-12-13-33(29,30)15-20)14-22-10-11-23(32-22)17-2-4-18(25)5-3-17/h2-11,16,20H,12-15H2,1H3/t16-,20-/m1/s1. The second-order valence-corrected chi connectivity index (χ2v) is 10.2. The summed E-state index contributed by atoms with van der Waals surface area (Å²) in [6, 6.07) is 14.0. The lowest BCUT2D eigenvalue weighted by atomic mass is 10.1. The van der Waals surface area contributed by atoms with E-state index in [4.69, 9.17) is 9.15 Å². The second-order valence-electron chi connectivity index (χ2n) is 8.01. The zero-order valence-electron chi connectivity index (χ0n) is 17.9. The first-order chi connectivity index (χ1) is 15.7. The molecule has 1 fully saturated rings. The molecule has 1 aromatic heterocycles. The first kappa shape index (κ1) is 23.0. The molecule has 1 saturated heterocycles. The topological polar surface area (TPSA) is 76.8 Å². The molecule has 0 aliphatic carbocycles. The van der Waals surface area contributed by atoms with Crippen LogP contribution in [0.15, 0.2) is 65.1 Å². The Balaban J connectivity index is 1.54. The van der Waals surface area contributed by atoms with Gasteiger partial charge < -0.3 is 14.1 Å². The minimum Gasteiger partial charge on any atom is -0.481 e. The molecule has 1 amide bonds. The minimum absolute atomic E-state index is 0.00757. The molecule has 0 spiro atoms. The smallest absolute Gasteiger partial charge is 0.264 e. The van der Waals surface area contributed by atoms with Crippen LogP contribution >= 0.6 is 0 Å². The highest BCUT2D eigenvalue weighted by Gasteiger charge is 2.37. The number of furan rings is 1. The van der Waals surface area contributed by atoms with Gasteiger partial charge in [-0.25, -0.2) is 17.2 Å². The zero-order chi connectivity index (χ0) is 23.6. The highest BCUT2D eigenvalue weighted by molar-refractivity contribution is 7.91. The van der Waals surface area contributed by atoms with E-state index in [-0.39, 0.29) is 23.9 Å². The molecular weight excluding hydrogens is 452 g/mol. The summed E-state index contributed by atoms with van der Waals surface area (Å²) in [4.78, 5) is 14.7. The van der Waals surface area contributed by atoms with Crippen molar-refractivity contribution < 1.29 is 31.1 Å². The molecule has 6 nitrogen and oxygen atoms in total. The summed E-state index contributed by atoms with van der Waals surface area (Å²) in [6.45, 7) is 1.62. The molecule has 0 N–H and O–H groups in total. The van der Waals surface area contributed by atoms with Gasteiger partial charge in [-0.15, -0.1) is 0 Å². The minimum atomic E-state index is -3.24. The lowest BCUT2D eigenvalue weighted by Crippen LogP contribution is -2.46. The number of nitrogens with zero attached hydrogens (tertiary/aromatic N) is 1. The molecule has 0 unspecified atom stereocenters.